The first-order valence-electron chi connectivity index (χ1n) is 9.01. The number of hydrogen-bond acceptors (Lipinski definition) is 3. The molecule has 4 nitrogen and oxygen atoms in total. The summed E-state index contributed by atoms with van der Waals surface area (Å²) in [5.74, 6) is 1.68. The van der Waals surface area contributed by atoms with Gasteiger partial charge in [-0.15, -0.1) is 0 Å². The third-order valence-corrected chi connectivity index (χ3v) is 4.43. The molecule has 3 aromatic rings. The zero-order valence-electron chi connectivity index (χ0n) is 15.0. The topological polar surface area (TPSA) is 47.3 Å². The van der Waals surface area contributed by atoms with Crippen LogP contribution in [0.1, 0.15) is 43.7 Å². The Balaban J connectivity index is 1.59. The Kier molecular flexibility index (Phi) is 5.71. The molecule has 1 atom stereocenters. The Morgan fingerprint density at radius 1 is 1.08 bits per heavy atom. The quantitative estimate of drug-likeness (QED) is 0.608. The van der Waals surface area contributed by atoms with Crippen molar-refractivity contribution in [1.29, 1.82) is 0 Å². The molecule has 0 fully saturated rings. The average Bonchev–Trinajstić information content (AvgIpc) is 3.01. The molecule has 25 heavy (non-hydrogen) atoms. The summed E-state index contributed by atoms with van der Waals surface area (Å²) in [5, 5.41) is 10.3. The number of para-hydroxylation sites is 2. The van der Waals surface area contributed by atoms with Gasteiger partial charge in [0.25, 0.3) is 0 Å². The SMILES string of the molecule is CC[C@H](O)c1nc2ccccc2n1CCCCOc1ccc(C)cc1. The Morgan fingerprint density at radius 3 is 2.60 bits per heavy atom. The van der Waals surface area contributed by atoms with Crippen LogP contribution >= 0.6 is 0 Å². The number of unbranched alkanes of at least 4 members (excludes halogenated alkanes) is 1. The van der Waals surface area contributed by atoms with E-state index in [-0.39, 0.29) is 0 Å². The van der Waals surface area contributed by atoms with Gasteiger partial charge >= 0.3 is 0 Å². The van der Waals surface area contributed by atoms with Crippen molar-refractivity contribution < 1.29 is 9.84 Å². The van der Waals surface area contributed by atoms with Gasteiger partial charge in [0, 0.05) is 6.54 Å². The highest BCUT2D eigenvalue weighted by Gasteiger charge is 2.16. The first kappa shape index (κ1) is 17.5. The van der Waals surface area contributed by atoms with Gasteiger partial charge in [-0.3, -0.25) is 0 Å². The molecule has 0 spiro atoms. The van der Waals surface area contributed by atoms with Crippen LogP contribution in [0.15, 0.2) is 48.5 Å². The number of aryl methyl sites for hydroxylation is 2. The lowest BCUT2D eigenvalue weighted by Crippen LogP contribution is -2.09. The molecule has 0 aliphatic heterocycles. The van der Waals surface area contributed by atoms with Crippen LogP contribution in [0.25, 0.3) is 11.0 Å². The molecule has 1 N–H and O–H groups in total. The number of rotatable bonds is 8. The second-order valence-corrected chi connectivity index (χ2v) is 6.40. The van der Waals surface area contributed by atoms with Crippen molar-refractivity contribution in [1.82, 2.24) is 9.55 Å². The van der Waals surface area contributed by atoms with Crippen molar-refractivity contribution >= 4 is 11.0 Å². The van der Waals surface area contributed by atoms with Gasteiger partial charge in [0.15, 0.2) is 0 Å². The standard InChI is InChI=1S/C21H26N2O2/c1-3-20(24)21-22-18-8-4-5-9-19(18)23(21)14-6-7-15-25-17-12-10-16(2)11-13-17/h4-5,8-13,20,24H,3,6-7,14-15H2,1-2H3/t20-/m0/s1. The zero-order chi connectivity index (χ0) is 17.6. The second kappa shape index (κ2) is 8.17. The van der Waals surface area contributed by atoms with E-state index in [9.17, 15) is 5.11 Å². The van der Waals surface area contributed by atoms with E-state index < -0.39 is 6.10 Å². The van der Waals surface area contributed by atoms with Gasteiger partial charge in [0.05, 0.1) is 17.6 Å². The van der Waals surface area contributed by atoms with Crippen LogP contribution in [-0.4, -0.2) is 21.3 Å². The normalized spacial score (nSPS) is 12.4. The molecule has 1 heterocycles. The summed E-state index contributed by atoms with van der Waals surface area (Å²) in [5.41, 5.74) is 3.27. The van der Waals surface area contributed by atoms with E-state index >= 15 is 0 Å². The Morgan fingerprint density at radius 2 is 1.84 bits per heavy atom. The monoisotopic (exact) mass is 338 g/mol. The zero-order valence-corrected chi connectivity index (χ0v) is 15.0. The van der Waals surface area contributed by atoms with Gasteiger partial charge < -0.3 is 14.4 Å². The van der Waals surface area contributed by atoms with Crippen molar-refractivity contribution in [2.45, 2.75) is 45.8 Å². The summed E-state index contributed by atoms with van der Waals surface area (Å²) in [6, 6.07) is 16.2. The molecule has 0 amide bonds. The number of hydrogen-bond donors (Lipinski definition) is 1. The van der Waals surface area contributed by atoms with Crippen LogP contribution in [0.4, 0.5) is 0 Å². The van der Waals surface area contributed by atoms with Crippen LogP contribution in [0, 0.1) is 6.92 Å². The van der Waals surface area contributed by atoms with Gasteiger partial charge in [-0.2, -0.15) is 0 Å². The number of imidazole rings is 1. The van der Waals surface area contributed by atoms with Crippen LogP contribution < -0.4 is 4.74 Å². The lowest BCUT2D eigenvalue weighted by molar-refractivity contribution is 0.159. The molecule has 0 unspecified atom stereocenters. The predicted molar refractivity (Wildman–Crippen MR) is 101 cm³/mol. The number of aromatic nitrogens is 2. The minimum Gasteiger partial charge on any atom is -0.494 e. The highest BCUT2D eigenvalue weighted by Crippen LogP contribution is 2.23. The molecule has 0 saturated heterocycles. The van der Waals surface area contributed by atoms with Crippen LogP contribution in [0.3, 0.4) is 0 Å². The minimum atomic E-state index is -0.517. The molecule has 132 valence electrons. The third-order valence-electron chi connectivity index (χ3n) is 4.43. The molecule has 0 aliphatic carbocycles. The summed E-state index contributed by atoms with van der Waals surface area (Å²) < 4.78 is 7.94. The van der Waals surface area contributed by atoms with E-state index in [4.69, 9.17) is 4.74 Å². The van der Waals surface area contributed by atoms with Crippen molar-refractivity contribution in [3.63, 3.8) is 0 Å². The first-order chi connectivity index (χ1) is 12.2. The molecule has 3 rings (SSSR count). The van der Waals surface area contributed by atoms with Gasteiger partial charge in [-0.05, 0) is 50.5 Å². The van der Waals surface area contributed by atoms with E-state index in [1.54, 1.807) is 0 Å². The maximum absolute atomic E-state index is 10.3. The van der Waals surface area contributed by atoms with Gasteiger partial charge in [0.1, 0.15) is 17.7 Å². The van der Waals surface area contributed by atoms with Gasteiger partial charge in [0.2, 0.25) is 0 Å². The lowest BCUT2D eigenvalue weighted by atomic mass is 10.2. The van der Waals surface area contributed by atoms with E-state index in [0.717, 1.165) is 42.0 Å². The van der Waals surface area contributed by atoms with Crippen molar-refractivity contribution in [2.75, 3.05) is 6.61 Å². The maximum Gasteiger partial charge on any atom is 0.138 e. The number of benzene rings is 2. The number of fused-ring (bicyclic) bond motifs is 1. The smallest absolute Gasteiger partial charge is 0.138 e. The average molecular weight is 338 g/mol. The molecule has 0 saturated carbocycles. The van der Waals surface area contributed by atoms with E-state index in [1.165, 1.54) is 5.56 Å². The molecule has 1 aromatic heterocycles. The van der Waals surface area contributed by atoms with E-state index in [0.29, 0.717) is 13.0 Å². The molecule has 0 radical (unpaired) electrons. The summed E-state index contributed by atoms with van der Waals surface area (Å²) >= 11 is 0. The summed E-state index contributed by atoms with van der Waals surface area (Å²) in [6.07, 6.45) is 2.09. The van der Waals surface area contributed by atoms with Crippen LogP contribution in [0.2, 0.25) is 0 Å². The first-order valence-corrected chi connectivity index (χ1v) is 9.01. The van der Waals surface area contributed by atoms with Crippen molar-refractivity contribution in [2.24, 2.45) is 0 Å². The Labute approximate surface area is 149 Å². The summed E-state index contributed by atoms with van der Waals surface area (Å²) in [4.78, 5) is 4.62. The fourth-order valence-electron chi connectivity index (χ4n) is 2.96. The molecular weight excluding hydrogens is 312 g/mol. The molecular formula is C21H26N2O2. The van der Waals surface area contributed by atoms with Crippen LogP contribution in [-0.2, 0) is 6.54 Å². The molecule has 4 heteroatoms. The summed E-state index contributed by atoms with van der Waals surface area (Å²) in [7, 11) is 0. The van der Waals surface area contributed by atoms with Crippen molar-refractivity contribution in [3.05, 3.63) is 59.9 Å². The predicted octanol–water partition coefficient (Wildman–Crippen LogP) is 4.65. The third kappa shape index (κ3) is 4.20. The van der Waals surface area contributed by atoms with E-state index in [1.807, 2.05) is 37.3 Å². The number of aliphatic hydroxyl groups excluding tert-OH is 1. The van der Waals surface area contributed by atoms with Crippen LogP contribution in [0.5, 0.6) is 5.75 Å². The van der Waals surface area contributed by atoms with Crippen molar-refractivity contribution in [3.8, 4) is 5.75 Å². The minimum absolute atomic E-state index is 0.517. The van der Waals surface area contributed by atoms with Gasteiger partial charge in [-0.25, -0.2) is 4.98 Å². The second-order valence-electron chi connectivity index (χ2n) is 6.40. The highest BCUT2D eigenvalue weighted by molar-refractivity contribution is 5.76. The van der Waals surface area contributed by atoms with E-state index in [2.05, 4.69) is 34.7 Å². The molecule has 2 aromatic carbocycles. The number of nitrogens with zero attached hydrogens (tertiary/aromatic N) is 2. The van der Waals surface area contributed by atoms with Gasteiger partial charge in [-0.1, -0.05) is 36.8 Å². The summed E-state index contributed by atoms with van der Waals surface area (Å²) in [6.45, 7) is 5.58. The largest absolute Gasteiger partial charge is 0.494 e. The highest BCUT2D eigenvalue weighted by atomic mass is 16.5. The maximum atomic E-state index is 10.3. The fourth-order valence-corrected chi connectivity index (χ4v) is 2.96. The molecule has 0 bridgehead atoms. The lowest BCUT2D eigenvalue weighted by Gasteiger charge is -2.13. The fraction of sp³-hybridized carbons (Fsp3) is 0.381. The Bertz CT molecular complexity index is 808. The molecule has 0 aliphatic rings. The number of aliphatic hydroxyl groups is 1. The Hall–Kier alpha value is -2.33. The number of ether oxygens (including phenoxy) is 1.